The van der Waals surface area contributed by atoms with Crippen LogP contribution in [0.15, 0.2) is 42.5 Å². The molecule has 0 unspecified atom stereocenters. The number of carbonyl (C=O) groups excluding carboxylic acids is 1. The summed E-state index contributed by atoms with van der Waals surface area (Å²) in [4.78, 5) is 12.1. The molecule has 0 bridgehead atoms. The van der Waals surface area contributed by atoms with E-state index in [-0.39, 0.29) is 12.5 Å². The molecule has 1 amide bonds. The second-order valence-corrected chi connectivity index (χ2v) is 5.07. The van der Waals surface area contributed by atoms with Crippen molar-refractivity contribution in [3.63, 3.8) is 0 Å². The maximum Gasteiger partial charge on any atom is 0.243 e. The van der Waals surface area contributed by atoms with Gasteiger partial charge in [0.05, 0.1) is 36.8 Å². The van der Waals surface area contributed by atoms with E-state index in [1.807, 2.05) is 42.5 Å². The van der Waals surface area contributed by atoms with Crippen LogP contribution in [-0.4, -0.2) is 28.3 Å². The number of para-hydroxylation sites is 2. The standard InChI is InChI=1S/C15H14N4O2S/c1-21-13-8-3-2-5-10(13)16-9-14(20)17-11-6-4-7-12-15(11)19-22-18-12/h2-8,16H,9H2,1H3,(H,17,20). The maximum absolute atomic E-state index is 12.1. The Hall–Kier alpha value is -2.67. The van der Waals surface area contributed by atoms with Crippen molar-refractivity contribution in [1.29, 1.82) is 0 Å². The average molecular weight is 314 g/mol. The molecular formula is C15H14N4O2S. The molecule has 3 rings (SSSR count). The molecule has 1 heterocycles. The van der Waals surface area contributed by atoms with Crippen LogP contribution in [0.25, 0.3) is 11.0 Å². The number of amides is 1. The van der Waals surface area contributed by atoms with Gasteiger partial charge in [-0.1, -0.05) is 18.2 Å². The van der Waals surface area contributed by atoms with E-state index in [9.17, 15) is 4.79 Å². The van der Waals surface area contributed by atoms with Crippen LogP contribution in [0.2, 0.25) is 0 Å². The van der Waals surface area contributed by atoms with Gasteiger partial charge in [0.1, 0.15) is 16.8 Å². The number of carbonyl (C=O) groups is 1. The Kier molecular flexibility index (Phi) is 4.15. The van der Waals surface area contributed by atoms with Gasteiger partial charge in [-0.05, 0) is 24.3 Å². The topological polar surface area (TPSA) is 76.1 Å². The van der Waals surface area contributed by atoms with Gasteiger partial charge < -0.3 is 15.4 Å². The van der Waals surface area contributed by atoms with Gasteiger partial charge in [-0.2, -0.15) is 8.75 Å². The van der Waals surface area contributed by atoms with Crippen molar-refractivity contribution in [3.05, 3.63) is 42.5 Å². The van der Waals surface area contributed by atoms with Crippen LogP contribution >= 0.6 is 11.7 Å². The molecule has 0 aliphatic heterocycles. The van der Waals surface area contributed by atoms with Gasteiger partial charge in [0, 0.05) is 0 Å². The molecule has 0 aliphatic carbocycles. The largest absolute Gasteiger partial charge is 0.495 e. The lowest BCUT2D eigenvalue weighted by Crippen LogP contribution is -2.22. The second-order valence-electron chi connectivity index (χ2n) is 4.54. The predicted octanol–water partition coefficient (Wildman–Crippen LogP) is 2.75. The van der Waals surface area contributed by atoms with Crippen LogP contribution in [0, 0.1) is 0 Å². The Morgan fingerprint density at radius 2 is 1.95 bits per heavy atom. The van der Waals surface area contributed by atoms with Gasteiger partial charge in [0.15, 0.2) is 0 Å². The number of hydrogen-bond donors (Lipinski definition) is 2. The fourth-order valence-electron chi connectivity index (χ4n) is 2.07. The summed E-state index contributed by atoms with van der Waals surface area (Å²) in [6, 6.07) is 13.0. The summed E-state index contributed by atoms with van der Waals surface area (Å²) in [5.74, 6) is 0.535. The lowest BCUT2D eigenvalue weighted by Gasteiger charge is -2.11. The molecule has 22 heavy (non-hydrogen) atoms. The SMILES string of the molecule is COc1ccccc1NCC(=O)Nc1cccc2nsnc12. The number of nitrogens with zero attached hydrogens (tertiary/aromatic N) is 2. The Morgan fingerprint density at radius 3 is 2.82 bits per heavy atom. The van der Waals surface area contributed by atoms with E-state index in [0.717, 1.165) is 22.9 Å². The number of nitrogens with one attached hydrogen (secondary N) is 2. The summed E-state index contributed by atoms with van der Waals surface area (Å²) >= 11 is 1.13. The number of hydrogen-bond acceptors (Lipinski definition) is 6. The molecule has 0 saturated carbocycles. The van der Waals surface area contributed by atoms with Gasteiger partial charge in [0.2, 0.25) is 5.91 Å². The molecule has 112 valence electrons. The first-order chi connectivity index (χ1) is 10.8. The molecule has 0 atom stereocenters. The molecule has 7 heteroatoms. The van der Waals surface area contributed by atoms with E-state index < -0.39 is 0 Å². The average Bonchev–Trinajstić information content (AvgIpc) is 3.03. The van der Waals surface area contributed by atoms with Gasteiger partial charge in [0.25, 0.3) is 0 Å². The van der Waals surface area contributed by atoms with Crippen LogP contribution in [0.1, 0.15) is 0 Å². The molecule has 0 saturated heterocycles. The summed E-state index contributed by atoms with van der Waals surface area (Å²) in [5, 5.41) is 5.90. The lowest BCUT2D eigenvalue weighted by molar-refractivity contribution is -0.114. The molecule has 2 N–H and O–H groups in total. The first kappa shape index (κ1) is 14.3. The van der Waals surface area contributed by atoms with Gasteiger partial charge in [-0.25, -0.2) is 0 Å². The Bertz CT molecular complexity index is 803. The van der Waals surface area contributed by atoms with E-state index in [4.69, 9.17) is 4.74 Å². The molecule has 0 fully saturated rings. The zero-order valence-electron chi connectivity index (χ0n) is 11.9. The highest BCUT2D eigenvalue weighted by atomic mass is 32.1. The third kappa shape index (κ3) is 2.99. The molecule has 0 aliphatic rings. The fraction of sp³-hybridized carbons (Fsp3) is 0.133. The van der Waals surface area contributed by atoms with Crippen molar-refractivity contribution in [2.24, 2.45) is 0 Å². The maximum atomic E-state index is 12.1. The Balaban J connectivity index is 1.67. The summed E-state index contributed by atoms with van der Waals surface area (Å²) in [6.07, 6.45) is 0. The predicted molar refractivity (Wildman–Crippen MR) is 87.5 cm³/mol. The normalized spacial score (nSPS) is 10.4. The van der Waals surface area contributed by atoms with E-state index in [1.54, 1.807) is 7.11 Å². The van der Waals surface area contributed by atoms with E-state index >= 15 is 0 Å². The number of rotatable bonds is 5. The van der Waals surface area contributed by atoms with Gasteiger partial charge >= 0.3 is 0 Å². The van der Waals surface area contributed by atoms with Gasteiger partial charge in [-0.15, -0.1) is 0 Å². The summed E-state index contributed by atoms with van der Waals surface area (Å²) in [7, 11) is 1.59. The number of benzene rings is 2. The smallest absolute Gasteiger partial charge is 0.243 e. The second kappa shape index (κ2) is 6.40. The van der Waals surface area contributed by atoms with Crippen molar-refractivity contribution in [2.45, 2.75) is 0 Å². The van der Waals surface area contributed by atoms with Crippen molar-refractivity contribution in [2.75, 3.05) is 24.3 Å². The molecule has 0 spiro atoms. The highest BCUT2D eigenvalue weighted by Gasteiger charge is 2.09. The molecule has 2 aromatic carbocycles. The minimum absolute atomic E-state index is 0.133. The molecule has 0 radical (unpaired) electrons. The first-order valence-electron chi connectivity index (χ1n) is 6.66. The fourth-order valence-corrected chi connectivity index (χ4v) is 2.62. The van der Waals surface area contributed by atoms with Crippen molar-refractivity contribution in [3.8, 4) is 5.75 Å². The van der Waals surface area contributed by atoms with E-state index in [1.165, 1.54) is 0 Å². The lowest BCUT2D eigenvalue weighted by atomic mass is 10.2. The van der Waals surface area contributed by atoms with Crippen LogP contribution in [0.3, 0.4) is 0 Å². The monoisotopic (exact) mass is 314 g/mol. The van der Waals surface area contributed by atoms with E-state index in [2.05, 4.69) is 19.4 Å². The Morgan fingerprint density at radius 1 is 1.14 bits per heavy atom. The molecule has 6 nitrogen and oxygen atoms in total. The third-order valence-electron chi connectivity index (χ3n) is 3.11. The number of fused-ring (bicyclic) bond motifs is 1. The minimum atomic E-state index is -0.161. The van der Waals surface area contributed by atoms with Crippen LogP contribution in [0.5, 0.6) is 5.75 Å². The van der Waals surface area contributed by atoms with Crippen molar-refractivity contribution in [1.82, 2.24) is 8.75 Å². The summed E-state index contributed by atoms with van der Waals surface area (Å²) < 4.78 is 13.6. The summed E-state index contributed by atoms with van der Waals surface area (Å²) in [5.41, 5.74) is 2.92. The van der Waals surface area contributed by atoms with Gasteiger partial charge in [-0.3, -0.25) is 4.79 Å². The number of methoxy groups -OCH3 is 1. The Labute approximate surface area is 131 Å². The minimum Gasteiger partial charge on any atom is -0.495 e. The zero-order chi connectivity index (χ0) is 15.4. The van der Waals surface area contributed by atoms with Crippen LogP contribution < -0.4 is 15.4 Å². The number of aromatic nitrogens is 2. The van der Waals surface area contributed by atoms with E-state index in [0.29, 0.717) is 17.0 Å². The first-order valence-corrected chi connectivity index (χ1v) is 7.39. The van der Waals surface area contributed by atoms with Crippen LogP contribution in [-0.2, 0) is 4.79 Å². The molecule has 3 aromatic rings. The molecule has 1 aromatic heterocycles. The van der Waals surface area contributed by atoms with Crippen molar-refractivity contribution >= 4 is 40.0 Å². The zero-order valence-corrected chi connectivity index (χ0v) is 12.7. The quantitative estimate of drug-likeness (QED) is 0.757. The highest BCUT2D eigenvalue weighted by molar-refractivity contribution is 7.00. The molecular weight excluding hydrogens is 300 g/mol. The number of anilines is 2. The van der Waals surface area contributed by atoms with Crippen molar-refractivity contribution < 1.29 is 9.53 Å². The highest BCUT2D eigenvalue weighted by Crippen LogP contribution is 2.23. The number of ether oxygens (including phenoxy) is 1. The summed E-state index contributed by atoms with van der Waals surface area (Å²) in [6.45, 7) is 0.133. The third-order valence-corrected chi connectivity index (χ3v) is 3.65. The van der Waals surface area contributed by atoms with Crippen LogP contribution in [0.4, 0.5) is 11.4 Å².